The number of aliphatic carboxylic acids is 1. The van der Waals surface area contributed by atoms with Gasteiger partial charge in [-0.2, -0.15) is 0 Å². The number of fused-ring (bicyclic) bond motifs is 1. The number of hydrogen-bond acceptors (Lipinski definition) is 4. The molecule has 2 atom stereocenters. The summed E-state index contributed by atoms with van der Waals surface area (Å²) in [4.78, 5) is 32.8. The van der Waals surface area contributed by atoms with Crippen molar-refractivity contribution in [1.82, 2.24) is 14.5 Å². The maximum Gasteiger partial charge on any atom is 0.326 e. The van der Waals surface area contributed by atoms with Crippen molar-refractivity contribution < 1.29 is 19.4 Å². The molecular formula is C30H35N3O4. The van der Waals surface area contributed by atoms with Gasteiger partial charge in [0.05, 0.1) is 31.6 Å². The fraction of sp³-hybridized carbons (Fsp3) is 0.433. The van der Waals surface area contributed by atoms with Gasteiger partial charge in [-0.3, -0.25) is 4.79 Å². The molecule has 2 unspecified atom stereocenters. The Morgan fingerprint density at radius 3 is 2.54 bits per heavy atom. The van der Waals surface area contributed by atoms with Crippen molar-refractivity contribution in [3.63, 3.8) is 0 Å². The van der Waals surface area contributed by atoms with E-state index in [1.54, 1.807) is 18.3 Å². The molecular weight excluding hydrogens is 466 g/mol. The van der Waals surface area contributed by atoms with Crippen LogP contribution in [-0.4, -0.2) is 44.6 Å². The van der Waals surface area contributed by atoms with Crippen LogP contribution < -0.4 is 4.74 Å². The lowest BCUT2D eigenvalue weighted by Crippen LogP contribution is -2.51. The zero-order valence-electron chi connectivity index (χ0n) is 21.6. The number of hydrogen-bond donors (Lipinski definition) is 1. The first-order valence-corrected chi connectivity index (χ1v) is 13.2. The monoisotopic (exact) mass is 501 g/mol. The van der Waals surface area contributed by atoms with Crippen LogP contribution in [0.15, 0.2) is 54.9 Å². The quantitative estimate of drug-likeness (QED) is 0.495. The molecule has 0 spiro atoms. The molecule has 1 amide bonds. The Morgan fingerprint density at radius 1 is 1.11 bits per heavy atom. The molecule has 1 aromatic heterocycles. The van der Waals surface area contributed by atoms with Crippen LogP contribution in [0.3, 0.4) is 0 Å². The van der Waals surface area contributed by atoms with E-state index in [9.17, 15) is 14.7 Å². The van der Waals surface area contributed by atoms with E-state index in [-0.39, 0.29) is 30.7 Å². The molecule has 7 heteroatoms. The molecule has 1 saturated carbocycles. The maximum absolute atomic E-state index is 14.1. The number of carboxylic acid groups (broad SMARTS) is 1. The summed E-state index contributed by atoms with van der Waals surface area (Å²) in [7, 11) is 1.66. The number of aromatic nitrogens is 2. The minimum Gasteiger partial charge on any atom is -0.496 e. The number of carboxylic acids is 1. The number of ether oxygens (including phenoxy) is 1. The fourth-order valence-corrected chi connectivity index (χ4v) is 6.13. The van der Waals surface area contributed by atoms with Gasteiger partial charge in [0.2, 0.25) is 5.91 Å². The molecule has 2 heterocycles. The Hall–Kier alpha value is -3.61. The van der Waals surface area contributed by atoms with Crippen LogP contribution in [0.2, 0.25) is 0 Å². The minimum absolute atomic E-state index is 0.0866. The maximum atomic E-state index is 14.1. The second-order valence-corrected chi connectivity index (χ2v) is 10.4. The fourth-order valence-electron chi connectivity index (χ4n) is 6.13. The van der Waals surface area contributed by atoms with Gasteiger partial charge in [0.25, 0.3) is 0 Å². The number of carbonyl (C=O) groups is 2. The number of benzene rings is 2. The predicted octanol–water partition coefficient (Wildman–Crippen LogP) is 4.95. The summed E-state index contributed by atoms with van der Waals surface area (Å²) >= 11 is 0. The highest BCUT2D eigenvalue weighted by molar-refractivity contribution is 5.89. The van der Waals surface area contributed by atoms with Gasteiger partial charge >= 0.3 is 5.97 Å². The first-order valence-electron chi connectivity index (χ1n) is 13.2. The molecule has 7 nitrogen and oxygen atoms in total. The number of methoxy groups -OCH3 is 1. The molecule has 1 aliphatic carbocycles. The van der Waals surface area contributed by atoms with E-state index in [1.165, 1.54) is 6.42 Å². The first kappa shape index (κ1) is 25.1. The van der Waals surface area contributed by atoms with Crippen LogP contribution >= 0.6 is 0 Å². The Morgan fingerprint density at radius 2 is 1.86 bits per heavy atom. The average molecular weight is 502 g/mol. The van der Waals surface area contributed by atoms with Crippen LogP contribution in [0.1, 0.15) is 66.1 Å². The number of carbonyl (C=O) groups excluding carboxylic acids is 1. The van der Waals surface area contributed by atoms with Gasteiger partial charge < -0.3 is 19.3 Å². The van der Waals surface area contributed by atoms with Gasteiger partial charge in [-0.1, -0.05) is 61.7 Å². The van der Waals surface area contributed by atoms with E-state index < -0.39 is 12.0 Å². The molecule has 0 radical (unpaired) electrons. The highest BCUT2D eigenvalue weighted by atomic mass is 16.5. The molecule has 1 N–H and O–H groups in total. The van der Waals surface area contributed by atoms with Crippen molar-refractivity contribution >= 4 is 11.9 Å². The number of imidazole rings is 1. The third kappa shape index (κ3) is 5.13. The summed E-state index contributed by atoms with van der Waals surface area (Å²) in [5.74, 6) is -0.314. The lowest BCUT2D eigenvalue weighted by molar-refractivity contribution is -0.153. The van der Waals surface area contributed by atoms with Crippen LogP contribution in [-0.2, 0) is 29.1 Å². The first-order chi connectivity index (χ1) is 18.0. The van der Waals surface area contributed by atoms with Gasteiger partial charge in [0.1, 0.15) is 11.8 Å². The van der Waals surface area contributed by atoms with Gasteiger partial charge in [-0.15, -0.1) is 0 Å². The molecule has 2 aromatic carbocycles. The topological polar surface area (TPSA) is 84.7 Å². The predicted molar refractivity (Wildman–Crippen MR) is 140 cm³/mol. The van der Waals surface area contributed by atoms with Crippen LogP contribution in [0.25, 0.3) is 0 Å². The molecule has 37 heavy (non-hydrogen) atoms. The molecule has 3 aromatic rings. The Labute approximate surface area is 218 Å². The lowest BCUT2D eigenvalue weighted by atomic mass is 9.75. The zero-order chi connectivity index (χ0) is 25.9. The summed E-state index contributed by atoms with van der Waals surface area (Å²) in [5, 5.41) is 10.2. The molecule has 194 valence electrons. The van der Waals surface area contributed by atoms with Crippen molar-refractivity contribution in [2.45, 2.75) is 70.5 Å². The van der Waals surface area contributed by atoms with Gasteiger partial charge in [0, 0.05) is 18.7 Å². The number of amides is 1. The van der Waals surface area contributed by atoms with Crippen molar-refractivity contribution in [1.29, 1.82) is 0 Å². The summed E-state index contributed by atoms with van der Waals surface area (Å²) < 4.78 is 7.39. The third-order valence-electron chi connectivity index (χ3n) is 8.04. The largest absolute Gasteiger partial charge is 0.496 e. The standard InChI is InChI=1S/C30H35N3O4/c1-20-15-21(13-14-27(20)37-2)17-32-19-31-24-18-33(26(30(35)36)16-25(24)32)29(34)28(22-9-5-3-6-10-22)23-11-7-4-8-12-23/h3,5-6,9-10,13-15,19,23,26,28H,4,7-8,11-12,16-18H2,1-2H3,(H,35,36). The lowest BCUT2D eigenvalue weighted by Gasteiger charge is -2.38. The number of aryl methyl sites for hydroxylation is 1. The van der Waals surface area contributed by atoms with Gasteiger partial charge in [-0.25, -0.2) is 9.78 Å². The minimum atomic E-state index is -0.970. The molecule has 0 bridgehead atoms. The number of nitrogens with zero attached hydrogens (tertiary/aromatic N) is 3. The number of rotatable bonds is 7. The molecule has 2 aliphatic rings. The van der Waals surface area contributed by atoms with Crippen LogP contribution in [0.4, 0.5) is 0 Å². The van der Waals surface area contributed by atoms with Crippen LogP contribution in [0, 0.1) is 12.8 Å². The van der Waals surface area contributed by atoms with E-state index in [0.29, 0.717) is 6.54 Å². The van der Waals surface area contributed by atoms with Crippen molar-refractivity contribution in [2.24, 2.45) is 5.92 Å². The summed E-state index contributed by atoms with van der Waals surface area (Å²) in [5.41, 5.74) is 4.79. The van der Waals surface area contributed by atoms with Gasteiger partial charge in [0.15, 0.2) is 0 Å². The summed E-state index contributed by atoms with van der Waals surface area (Å²) in [6.07, 6.45) is 7.44. The van der Waals surface area contributed by atoms with Crippen molar-refractivity contribution in [3.05, 3.63) is 82.9 Å². The second kappa shape index (κ2) is 10.8. The SMILES string of the molecule is COc1ccc(Cn2cnc3c2CC(C(=O)O)N(C(=O)C(c2ccccc2)C2CCCCC2)C3)cc1C. The molecule has 1 aliphatic heterocycles. The third-order valence-corrected chi connectivity index (χ3v) is 8.04. The Bertz CT molecular complexity index is 1260. The molecule has 0 saturated heterocycles. The summed E-state index contributed by atoms with van der Waals surface area (Å²) in [6.45, 7) is 2.81. The highest BCUT2D eigenvalue weighted by Gasteiger charge is 2.42. The Kier molecular flexibility index (Phi) is 7.31. The zero-order valence-corrected chi connectivity index (χ0v) is 21.6. The van der Waals surface area contributed by atoms with Crippen molar-refractivity contribution in [2.75, 3.05) is 7.11 Å². The highest BCUT2D eigenvalue weighted by Crippen LogP contribution is 2.39. The second-order valence-electron chi connectivity index (χ2n) is 10.4. The molecule has 5 rings (SSSR count). The normalized spacial score (nSPS) is 18.8. The van der Waals surface area contributed by atoms with E-state index in [4.69, 9.17) is 4.74 Å². The smallest absolute Gasteiger partial charge is 0.326 e. The molecule has 1 fully saturated rings. The van der Waals surface area contributed by atoms with E-state index in [1.807, 2.05) is 54.0 Å². The Balaban J connectivity index is 1.43. The van der Waals surface area contributed by atoms with E-state index >= 15 is 0 Å². The average Bonchev–Trinajstić information content (AvgIpc) is 3.31. The van der Waals surface area contributed by atoms with Crippen molar-refractivity contribution in [3.8, 4) is 5.75 Å². The van der Waals surface area contributed by atoms with E-state index in [0.717, 1.165) is 59.5 Å². The van der Waals surface area contributed by atoms with Gasteiger partial charge in [-0.05, 0) is 48.4 Å². The van der Waals surface area contributed by atoms with E-state index in [2.05, 4.69) is 11.1 Å². The summed E-state index contributed by atoms with van der Waals surface area (Å²) in [6, 6.07) is 15.0. The van der Waals surface area contributed by atoms with Crippen LogP contribution in [0.5, 0.6) is 5.75 Å².